The quantitative estimate of drug-likeness (QED) is 0.228. The van der Waals surface area contributed by atoms with Crippen molar-refractivity contribution in [2.45, 2.75) is 19.3 Å². The molecule has 0 radical (unpaired) electrons. The number of benzene rings is 5. The van der Waals surface area contributed by atoms with Crippen LogP contribution >= 0.6 is 0 Å². The molecule has 192 valence electrons. The summed E-state index contributed by atoms with van der Waals surface area (Å²) in [6.45, 7) is 11.9. The minimum absolute atomic E-state index is 0.305. The molecule has 0 saturated carbocycles. The Labute approximate surface area is 235 Å². The van der Waals surface area contributed by atoms with Gasteiger partial charge >= 0.3 is 0 Å². The molecule has 8 rings (SSSR count). The molecule has 1 aromatic heterocycles. The van der Waals surface area contributed by atoms with E-state index in [1.54, 1.807) is 6.08 Å². The van der Waals surface area contributed by atoms with Gasteiger partial charge < -0.3 is 4.42 Å². The molecule has 0 saturated heterocycles. The van der Waals surface area contributed by atoms with Crippen molar-refractivity contribution in [3.05, 3.63) is 156 Å². The fraction of sp³-hybridized carbons (Fsp3) is 0.0769. The zero-order chi connectivity index (χ0) is 27.4. The standard InChI is InChI=1S/C37H24O.C2H6/c1-3-25-30-22-24(18-20-36(30)38-35(25)4-2)23-17-19-34-29(21-23)28-13-7-10-16-33(28)37(34)31-14-8-5-11-26(31)27-12-6-9-15-32(27)37;1-2/h3-22H,1-2H2;1-2H3. The molecule has 0 N–H and O–H groups in total. The second-order valence-electron chi connectivity index (χ2n) is 10.1. The van der Waals surface area contributed by atoms with Crippen LogP contribution in [0.2, 0.25) is 0 Å². The van der Waals surface area contributed by atoms with Crippen LogP contribution in [0.4, 0.5) is 0 Å². The minimum Gasteiger partial charge on any atom is -0.456 e. The van der Waals surface area contributed by atoms with Crippen LogP contribution in [-0.2, 0) is 5.41 Å². The van der Waals surface area contributed by atoms with Crippen LogP contribution in [0.5, 0.6) is 0 Å². The van der Waals surface area contributed by atoms with Crippen molar-refractivity contribution in [1.82, 2.24) is 0 Å². The average molecular weight is 515 g/mol. The molecule has 1 heterocycles. The molecule has 2 aliphatic rings. The van der Waals surface area contributed by atoms with Crippen molar-refractivity contribution in [1.29, 1.82) is 0 Å². The van der Waals surface area contributed by atoms with Crippen molar-refractivity contribution >= 4 is 23.1 Å². The van der Waals surface area contributed by atoms with E-state index in [0.717, 1.165) is 27.9 Å². The number of rotatable bonds is 3. The van der Waals surface area contributed by atoms with Crippen molar-refractivity contribution in [3.63, 3.8) is 0 Å². The van der Waals surface area contributed by atoms with Gasteiger partial charge in [-0.25, -0.2) is 0 Å². The average Bonchev–Trinajstić information content (AvgIpc) is 3.65. The first-order valence-electron chi connectivity index (χ1n) is 14.0. The molecule has 0 atom stereocenters. The van der Waals surface area contributed by atoms with Crippen molar-refractivity contribution in [3.8, 4) is 33.4 Å². The van der Waals surface area contributed by atoms with Gasteiger partial charge in [-0.1, -0.05) is 124 Å². The van der Waals surface area contributed by atoms with Crippen LogP contribution in [0.1, 0.15) is 47.4 Å². The van der Waals surface area contributed by atoms with Gasteiger partial charge in [0.05, 0.1) is 5.41 Å². The van der Waals surface area contributed by atoms with Crippen molar-refractivity contribution in [2.75, 3.05) is 0 Å². The summed E-state index contributed by atoms with van der Waals surface area (Å²) in [7, 11) is 0. The zero-order valence-electron chi connectivity index (χ0n) is 22.9. The molecular formula is C39H30O. The number of furan rings is 1. The molecule has 6 aromatic rings. The highest BCUT2D eigenvalue weighted by atomic mass is 16.3. The lowest BCUT2D eigenvalue weighted by atomic mass is 9.70. The van der Waals surface area contributed by atoms with Gasteiger partial charge in [-0.3, -0.25) is 0 Å². The predicted molar refractivity (Wildman–Crippen MR) is 169 cm³/mol. The molecule has 1 nitrogen and oxygen atoms in total. The van der Waals surface area contributed by atoms with E-state index in [1.165, 1.54) is 50.1 Å². The molecule has 1 heteroatoms. The largest absolute Gasteiger partial charge is 0.456 e. The summed E-state index contributed by atoms with van der Waals surface area (Å²) in [4.78, 5) is 0. The fourth-order valence-electron chi connectivity index (χ4n) is 6.96. The van der Waals surface area contributed by atoms with E-state index in [-0.39, 0.29) is 5.41 Å². The summed E-state index contributed by atoms with van der Waals surface area (Å²) in [5.74, 6) is 0.760. The van der Waals surface area contributed by atoms with E-state index >= 15 is 0 Å². The molecular weight excluding hydrogens is 484 g/mol. The van der Waals surface area contributed by atoms with Crippen LogP contribution in [0, 0.1) is 0 Å². The summed E-state index contributed by atoms with van der Waals surface area (Å²) >= 11 is 0. The van der Waals surface area contributed by atoms with E-state index in [2.05, 4.69) is 122 Å². The van der Waals surface area contributed by atoms with Crippen LogP contribution in [0.3, 0.4) is 0 Å². The van der Waals surface area contributed by atoms with E-state index in [9.17, 15) is 0 Å². The molecule has 2 aliphatic carbocycles. The monoisotopic (exact) mass is 514 g/mol. The van der Waals surface area contributed by atoms with Gasteiger partial charge in [-0.05, 0) is 79.9 Å². The lowest BCUT2D eigenvalue weighted by Crippen LogP contribution is -2.25. The third-order valence-corrected chi connectivity index (χ3v) is 8.48. The Morgan fingerprint density at radius 2 is 1.05 bits per heavy atom. The summed E-state index contributed by atoms with van der Waals surface area (Å²) in [6.07, 6.45) is 3.60. The highest BCUT2D eigenvalue weighted by Crippen LogP contribution is 2.62. The first kappa shape index (κ1) is 24.2. The zero-order valence-corrected chi connectivity index (χ0v) is 22.9. The predicted octanol–water partition coefficient (Wildman–Crippen LogP) is 10.8. The fourth-order valence-corrected chi connectivity index (χ4v) is 6.96. The highest BCUT2D eigenvalue weighted by molar-refractivity contribution is 5.97. The first-order valence-corrected chi connectivity index (χ1v) is 14.0. The molecule has 1 spiro atoms. The van der Waals surface area contributed by atoms with Crippen LogP contribution in [-0.4, -0.2) is 0 Å². The van der Waals surface area contributed by atoms with E-state index in [0.29, 0.717) is 0 Å². The van der Waals surface area contributed by atoms with Gasteiger partial charge in [-0.2, -0.15) is 0 Å². The van der Waals surface area contributed by atoms with Gasteiger partial charge in [0.1, 0.15) is 11.3 Å². The van der Waals surface area contributed by atoms with Gasteiger partial charge in [0, 0.05) is 10.9 Å². The summed E-state index contributed by atoms with van der Waals surface area (Å²) in [5.41, 5.74) is 14.6. The summed E-state index contributed by atoms with van der Waals surface area (Å²) in [6, 6.07) is 40.2. The van der Waals surface area contributed by atoms with Gasteiger partial charge in [0.15, 0.2) is 0 Å². The molecule has 0 bridgehead atoms. The molecule has 0 fully saturated rings. The Morgan fingerprint density at radius 3 is 1.62 bits per heavy atom. The molecule has 5 aromatic carbocycles. The molecule has 40 heavy (non-hydrogen) atoms. The summed E-state index contributed by atoms with van der Waals surface area (Å²) in [5, 5.41) is 1.06. The maximum Gasteiger partial charge on any atom is 0.135 e. The van der Waals surface area contributed by atoms with Gasteiger partial charge in [0.25, 0.3) is 0 Å². The second kappa shape index (κ2) is 9.10. The third kappa shape index (κ3) is 3.03. The SMILES string of the molecule is C=Cc1oc2ccc(-c3ccc4c(c3)-c3ccccc3C43c4ccccc4-c4ccccc43)cc2c1C=C.CC. The number of fused-ring (bicyclic) bond motifs is 11. The van der Waals surface area contributed by atoms with Gasteiger partial charge in [0.2, 0.25) is 0 Å². The van der Waals surface area contributed by atoms with Crippen LogP contribution < -0.4 is 0 Å². The maximum atomic E-state index is 5.99. The number of hydrogen-bond acceptors (Lipinski definition) is 1. The third-order valence-electron chi connectivity index (χ3n) is 8.48. The van der Waals surface area contributed by atoms with Gasteiger partial charge in [-0.15, -0.1) is 0 Å². The second-order valence-corrected chi connectivity index (χ2v) is 10.1. The smallest absolute Gasteiger partial charge is 0.135 e. The topological polar surface area (TPSA) is 13.1 Å². The van der Waals surface area contributed by atoms with E-state index in [4.69, 9.17) is 4.42 Å². The lowest BCUT2D eigenvalue weighted by molar-refractivity contribution is 0.603. The Kier molecular flexibility index (Phi) is 5.50. The Bertz CT molecular complexity index is 1920. The minimum atomic E-state index is -0.305. The Balaban J connectivity index is 0.00000130. The Hall–Kier alpha value is -4.88. The molecule has 0 unspecified atom stereocenters. The first-order chi connectivity index (χ1) is 19.8. The maximum absolute atomic E-state index is 5.99. The summed E-state index contributed by atoms with van der Waals surface area (Å²) < 4.78 is 5.99. The Morgan fingerprint density at radius 1 is 0.550 bits per heavy atom. The van der Waals surface area contributed by atoms with Crippen LogP contribution in [0.25, 0.3) is 56.5 Å². The molecule has 0 amide bonds. The van der Waals surface area contributed by atoms with E-state index < -0.39 is 0 Å². The van der Waals surface area contributed by atoms with E-state index in [1.807, 2.05) is 19.9 Å². The van der Waals surface area contributed by atoms with Crippen molar-refractivity contribution in [2.24, 2.45) is 0 Å². The highest BCUT2D eigenvalue weighted by Gasteiger charge is 2.51. The number of hydrogen-bond donors (Lipinski definition) is 0. The van der Waals surface area contributed by atoms with Crippen molar-refractivity contribution < 1.29 is 4.42 Å². The lowest BCUT2D eigenvalue weighted by Gasteiger charge is -2.30. The normalized spacial score (nSPS) is 13.2. The molecule has 0 aliphatic heterocycles. The van der Waals surface area contributed by atoms with Crippen LogP contribution in [0.15, 0.2) is 127 Å².